The summed E-state index contributed by atoms with van der Waals surface area (Å²) in [6.07, 6.45) is -1.33. The fourth-order valence-electron chi connectivity index (χ4n) is 4.24. The molecule has 146 valence electrons. The van der Waals surface area contributed by atoms with Gasteiger partial charge in [-0.15, -0.1) is 0 Å². The van der Waals surface area contributed by atoms with Crippen LogP contribution in [0.1, 0.15) is 35.3 Å². The lowest BCUT2D eigenvalue weighted by Crippen LogP contribution is -2.40. The molecule has 6 nitrogen and oxygen atoms in total. The molecule has 5 rings (SSSR count). The van der Waals surface area contributed by atoms with Crippen molar-refractivity contribution >= 4 is 5.97 Å². The van der Waals surface area contributed by atoms with Gasteiger partial charge in [0.2, 0.25) is 5.79 Å². The molecule has 3 heterocycles. The minimum Gasteiger partial charge on any atom is -0.459 e. The Morgan fingerprint density at radius 1 is 1.04 bits per heavy atom. The lowest BCUT2D eigenvalue weighted by atomic mass is 9.96. The predicted molar refractivity (Wildman–Crippen MR) is 98.3 cm³/mol. The summed E-state index contributed by atoms with van der Waals surface area (Å²) < 4.78 is 30.3. The fourth-order valence-corrected chi connectivity index (χ4v) is 4.24. The van der Waals surface area contributed by atoms with Crippen LogP contribution in [-0.2, 0) is 36.1 Å². The Kier molecular flexibility index (Phi) is 4.07. The number of esters is 1. The fraction of sp³-hybridized carbons (Fsp3) is 0.409. The summed E-state index contributed by atoms with van der Waals surface area (Å²) >= 11 is 0. The smallest absolute Gasteiger partial charge is 0.338 e. The molecule has 2 aromatic carbocycles. The van der Waals surface area contributed by atoms with Crippen molar-refractivity contribution in [3.05, 3.63) is 71.3 Å². The van der Waals surface area contributed by atoms with Gasteiger partial charge in [0.25, 0.3) is 0 Å². The van der Waals surface area contributed by atoms with Gasteiger partial charge in [0.05, 0.1) is 12.2 Å². The molecule has 0 amide bonds. The van der Waals surface area contributed by atoms with Gasteiger partial charge in [-0.05, 0) is 31.5 Å². The highest BCUT2D eigenvalue weighted by Crippen LogP contribution is 2.53. The van der Waals surface area contributed by atoms with E-state index in [1.54, 1.807) is 24.3 Å². The zero-order valence-electron chi connectivity index (χ0n) is 15.8. The molecule has 0 unspecified atom stereocenters. The first-order valence-corrected chi connectivity index (χ1v) is 9.46. The third kappa shape index (κ3) is 2.76. The minimum absolute atomic E-state index is 0.0572. The molecule has 2 fully saturated rings. The van der Waals surface area contributed by atoms with E-state index in [0.29, 0.717) is 12.2 Å². The lowest BCUT2D eigenvalue weighted by molar-refractivity contribution is -0.297. The van der Waals surface area contributed by atoms with Crippen LogP contribution in [-0.4, -0.2) is 36.7 Å². The first-order valence-electron chi connectivity index (χ1n) is 9.46. The summed E-state index contributed by atoms with van der Waals surface area (Å²) in [6, 6.07) is 16.8. The number of carbonyl (C=O) groups excluding carboxylic acids is 1. The van der Waals surface area contributed by atoms with Gasteiger partial charge in [-0.3, -0.25) is 0 Å². The second-order valence-electron chi connectivity index (χ2n) is 7.75. The third-order valence-corrected chi connectivity index (χ3v) is 5.42. The molecular formula is C22H22O6. The first kappa shape index (κ1) is 17.8. The van der Waals surface area contributed by atoms with Gasteiger partial charge in [-0.1, -0.05) is 42.5 Å². The van der Waals surface area contributed by atoms with E-state index in [2.05, 4.69) is 0 Å². The van der Waals surface area contributed by atoms with E-state index in [1.165, 1.54) is 0 Å². The van der Waals surface area contributed by atoms with Crippen LogP contribution in [0.5, 0.6) is 0 Å². The molecule has 0 saturated carbocycles. The number of hydrogen-bond acceptors (Lipinski definition) is 6. The molecule has 0 aliphatic carbocycles. The SMILES string of the molecule is CC1(C)O[C@H]2[C@@H](O1)[C@]1(OCc3ccccc31)O[C@@H]2COC(=O)c1ccccc1. The van der Waals surface area contributed by atoms with Crippen LogP contribution in [0.15, 0.2) is 54.6 Å². The van der Waals surface area contributed by atoms with E-state index < -0.39 is 35.9 Å². The second kappa shape index (κ2) is 6.39. The number of carbonyl (C=O) groups is 1. The van der Waals surface area contributed by atoms with Crippen molar-refractivity contribution in [2.24, 2.45) is 0 Å². The molecule has 6 heteroatoms. The average Bonchev–Trinajstić information content (AvgIpc) is 3.32. The summed E-state index contributed by atoms with van der Waals surface area (Å²) in [7, 11) is 0. The van der Waals surface area contributed by atoms with Crippen LogP contribution in [0, 0.1) is 0 Å². The highest BCUT2D eigenvalue weighted by molar-refractivity contribution is 5.89. The number of hydrogen-bond donors (Lipinski definition) is 0. The highest BCUT2D eigenvalue weighted by atomic mass is 16.8. The molecule has 3 aliphatic rings. The highest BCUT2D eigenvalue weighted by Gasteiger charge is 2.66. The minimum atomic E-state index is -1.04. The molecule has 0 radical (unpaired) electrons. The molecule has 28 heavy (non-hydrogen) atoms. The maximum Gasteiger partial charge on any atom is 0.338 e. The number of fused-ring (bicyclic) bond motifs is 4. The van der Waals surface area contributed by atoms with Crippen LogP contribution in [0.2, 0.25) is 0 Å². The Morgan fingerprint density at radius 2 is 1.79 bits per heavy atom. The zero-order chi connectivity index (χ0) is 19.4. The van der Waals surface area contributed by atoms with Crippen molar-refractivity contribution in [1.82, 2.24) is 0 Å². The summed E-state index contributed by atoms with van der Waals surface area (Å²) in [5.74, 6) is -2.21. The lowest BCUT2D eigenvalue weighted by Gasteiger charge is -2.31. The quantitative estimate of drug-likeness (QED) is 0.760. The van der Waals surface area contributed by atoms with Crippen molar-refractivity contribution < 1.29 is 28.5 Å². The van der Waals surface area contributed by atoms with Gasteiger partial charge in [0, 0.05) is 5.56 Å². The molecular weight excluding hydrogens is 360 g/mol. The Labute approximate surface area is 163 Å². The second-order valence-corrected chi connectivity index (χ2v) is 7.75. The first-order chi connectivity index (χ1) is 13.5. The summed E-state index contributed by atoms with van der Waals surface area (Å²) in [5.41, 5.74) is 2.51. The van der Waals surface area contributed by atoms with E-state index >= 15 is 0 Å². The van der Waals surface area contributed by atoms with E-state index in [-0.39, 0.29) is 6.61 Å². The third-order valence-electron chi connectivity index (χ3n) is 5.42. The topological polar surface area (TPSA) is 63.2 Å². The number of ether oxygens (including phenoxy) is 5. The van der Waals surface area contributed by atoms with E-state index in [0.717, 1.165) is 11.1 Å². The van der Waals surface area contributed by atoms with Crippen LogP contribution < -0.4 is 0 Å². The maximum atomic E-state index is 12.4. The molecule has 0 aromatic heterocycles. The number of benzene rings is 2. The molecule has 0 bridgehead atoms. The van der Waals surface area contributed by atoms with Crippen molar-refractivity contribution in [3.63, 3.8) is 0 Å². The van der Waals surface area contributed by atoms with Crippen LogP contribution in [0.25, 0.3) is 0 Å². The molecule has 1 spiro atoms. The van der Waals surface area contributed by atoms with Crippen molar-refractivity contribution in [1.29, 1.82) is 0 Å². The number of rotatable bonds is 3. The summed E-state index contributed by atoms with van der Waals surface area (Å²) in [4.78, 5) is 12.4. The van der Waals surface area contributed by atoms with Crippen molar-refractivity contribution in [3.8, 4) is 0 Å². The standard InChI is InChI=1S/C22H22O6/c1-21(2)27-18-17(13-24-20(23)14-8-4-3-5-9-14)26-22(19(18)28-21)16-11-7-6-10-15(16)12-25-22/h3-11,17-19H,12-13H2,1-2H3/t17-,18-,19-,22-/m1/s1. The van der Waals surface area contributed by atoms with Crippen molar-refractivity contribution in [2.45, 2.75) is 50.3 Å². The molecule has 4 atom stereocenters. The van der Waals surface area contributed by atoms with Crippen LogP contribution in [0.4, 0.5) is 0 Å². The average molecular weight is 382 g/mol. The Hall–Kier alpha value is -2.25. The largest absolute Gasteiger partial charge is 0.459 e. The molecule has 2 saturated heterocycles. The van der Waals surface area contributed by atoms with Crippen LogP contribution in [0.3, 0.4) is 0 Å². The predicted octanol–water partition coefficient (Wildman–Crippen LogP) is 3.15. The summed E-state index contributed by atoms with van der Waals surface area (Å²) in [6.45, 7) is 4.24. The Morgan fingerprint density at radius 3 is 2.61 bits per heavy atom. The monoisotopic (exact) mass is 382 g/mol. The zero-order valence-corrected chi connectivity index (χ0v) is 15.8. The van der Waals surface area contributed by atoms with Gasteiger partial charge < -0.3 is 23.7 Å². The molecule has 2 aromatic rings. The molecule has 0 N–H and O–H groups in total. The van der Waals surface area contributed by atoms with E-state index in [9.17, 15) is 4.79 Å². The van der Waals surface area contributed by atoms with Gasteiger partial charge >= 0.3 is 5.97 Å². The Bertz CT molecular complexity index is 895. The van der Waals surface area contributed by atoms with Gasteiger partial charge in [0.15, 0.2) is 5.79 Å². The van der Waals surface area contributed by atoms with E-state index in [4.69, 9.17) is 23.7 Å². The van der Waals surface area contributed by atoms with Crippen molar-refractivity contribution in [2.75, 3.05) is 6.61 Å². The van der Waals surface area contributed by atoms with E-state index in [1.807, 2.05) is 44.2 Å². The van der Waals surface area contributed by atoms with Gasteiger partial charge in [-0.25, -0.2) is 4.79 Å². The maximum absolute atomic E-state index is 12.4. The van der Waals surface area contributed by atoms with Gasteiger partial charge in [0.1, 0.15) is 24.9 Å². The molecule has 3 aliphatic heterocycles. The Balaban J connectivity index is 1.40. The van der Waals surface area contributed by atoms with Crippen LogP contribution >= 0.6 is 0 Å². The summed E-state index contributed by atoms with van der Waals surface area (Å²) in [5, 5.41) is 0. The van der Waals surface area contributed by atoms with Gasteiger partial charge in [-0.2, -0.15) is 0 Å². The normalized spacial score (nSPS) is 32.3.